The summed E-state index contributed by atoms with van der Waals surface area (Å²) in [5.74, 6) is -1.06. The van der Waals surface area contributed by atoms with Crippen LogP contribution in [-0.2, 0) is 11.3 Å². The van der Waals surface area contributed by atoms with E-state index in [2.05, 4.69) is 5.32 Å². The van der Waals surface area contributed by atoms with Crippen LogP contribution in [0.5, 0.6) is 0 Å². The maximum absolute atomic E-state index is 12.4. The number of hydrogen-bond acceptors (Lipinski definition) is 6. The van der Waals surface area contributed by atoms with E-state index in [4.69, 9.17) is 9.15 Å². The molecule has 136 valence electrons. The molecule has 1 amide bonds. The lowest BCUT2D eigenvalue weighted by Crippen LogP contribution is -2.15. The zero-order chi connectivity index (χ0) is 19.2. The number of nitrogens with one attached hydrogen (secondary N) is 1. The molecule has 0 aliphatic rings. The van der Waals surface area contributed by atoms with Crippen LogP contribution in [0.25, 0.3) is 0 Å². The SMILES string of the molecule is O=C(Nc1ccccc1C(=O)OCc1cccc([N+](=O)[O-])c1)c1ccco1. The van der Waals surface area contributed by atoms with Crippen LogP contribution in [0.4, 0.5) is 11.4 Å². The zero-order valence-corrected chi connectivity index (χ0v) is 14.0. The van der Waals surface area contributed by atoms with Gasteiger partial charge in [0.15, 0.2) is 5.76 Å². The quantitative estimate of drug-likeness (QED) is 0.403. The first-order valence-corrected chi connectivity index (χ1v) is 7.89. The smallest absolute Gasteiger partial charge is 0.340 e. The second-order valence-corrected chi connectivity index (χ2v) is 5.48. The molecule has 2 aromatic carbocycles. The maximum Gasteiger partial charge on any atom is 0.340 e. The molecule has 0 fully saturated rings. The fraction of sp³-hybridized carbons (Fsp3) is 0.0526. The largest absolute Gasteiger partial charge is 0.459 e. The van der Waals surface area contributed by atoms with E-state index in [-0.39, 0.29) is 29.3 Å². The van der Waals surface area contributed by atoms with Crippen LogP contribution in [0.3, 0.4) is 0 Å². The number of rotatable bonds is 6. The third-order valence-electron chi connectivity index (χ3n) is 3.63. The van der Waals surface area contributed by atoms with Crippen molar-refractivity contribution in [3.63, 3.8) is 0 Å². The highest BCUT2D eigenvalue weighted by Gasteiger charge is 2.17. The third-order valence-corrected chi connectivity index (χ3v) is 3.63. The summed E-state index contributed by atoms with van der Waals surface area (Å²) in [6.07, 6.45) is 1.37. The molecule has 0 bridgehead atoms. The first kappa shape index (κ1) is 17.9. The molecular weight excluding hydrogens is 352 g/mol. The highest BCUT2D eigenvalue weighted by molar-refractivity contribution is 6.06. The molecule has 0 atom stereocenters. The average molecular weight is 366 g/mol. The van der Waals surface area contributed by atoms with Crippen LogP contribution >= 0.6 is 0 Å². The van der Waals surface area contributed by atoms with E-state index in [0.717, 1.165) is 0 Å². The topological polar surface area (TPSA) is 112 Å². The molecule has 0 radical (unpaired) electrons. The Labute approximate surface area is 153 Å². The first-order valence-electron chi connectivity index (χ1n) is 7.89. The number of nitro benzene ring substituents is 1. The predicted molar refractivity (Wildman–Crippen MR) is 95.3 cm³/mol. The zero-order valence-electron chi connectivity index (χ0n) is 14.0. The lowest BCUT2D eigenvalue weighted by atomic mass is 10.1. The summed E-state index contributed by atoms with van der Waals surface area (Å²) < 4.78 is 10.2. The van der Waals surface area contributed by atoms with Gasteiger partial charge < -0.3 is 14.5 Å². The van der Waals surface area contributed by atoms with Crippen LogP contribution in [0, 0.1) is 10.1 Å². The van der Waals surface area contributed by atoms with E-state index in [1.54, 1.807) is 30.3 Å². The Morgan fingerprint density at radius 3 is 2.63 bits per heavy atom. The molecular formula is C19H14N2O6. The van der Waals surface area contributed by atoms with Gasteiger partial charge >= 0.3 is 5.97 Å². The molecule has 3 aromatic rings. The van der Waals surface area contributed by atoms with E-state index in [9.17, 15) is 19.7 Å². The van der Waals surface area contributed by atoms with Crippen LogP contribution in [-0.4, -0.2) is 16.8 Å². The number of furan rings is 1. The minimum absolute atomic E-state index is 0.0883. The monoisotopic (exact) mass is 366 g/mol. The summed E-state index contributed by atoms with van der Waals surface area (Å²) in [6.45, 7) is -0.138. The van der Waals surface area contributed by atoms with Crippen LogP contribution in [0.2, 0.25) is 0 Å². The van der Waals surface area contributed by atoms with Gasteiger partial charge in [0, 0.05) is 12.1 Å². The van der Waals surface area contributed by atoms with Gasteiger partial charge in [-0.05, 0) is 29.8 Å². The Kier molecular flexibility index (Phi) is 5.27. The van der Waals surface area contributed by atoms with Gasteiger partial charge in [-0.25, -0.2) is 4.79 Å². The number of hydrogen-bond donors (Lipinski definition) is 1. The fourth-order valence-electron chi connectivity index (χ4n) is 2.35. The van der Waals surface area contributed by atoms with Gasteiger partial charge in [-0.2, -0.15) is 0 Å². The summed E-state index contributed by atoms with van der Waals surface area (Å²) >= 11 is 0. The van der Waals surface area contributed by atoms with Gasteiger partial charge in [-0.15, -0.1) is 0 Å². The van der Waals surface area contributed by atoms with Crippen molar-refractivity contribution in [1.29, 1.82) is 0 Å². The highest BCUT2D eigenvalue weighted by atomic mass is 16.6. The number of amides is 1. The van der Waals surface area contributed by atoms with Crippen molar-refractivity contribution >= 4 is 23.3 Å². The minimum Gasteiger partial charge on any atom is -0.459 e. The number of esters is 1. The molecule has 8 heteroatoms. The summed E-state index contributed by atoms with van der Waals surface area (Å²) in [6, 6.07) is 15.2. The minimum atomic E-state index is -0.670. The second kappa shape index (κ2) is 7.96. The second-order valence-electron chi connectivity index (χ2n) is 5.48. The van der Waals surface area contributed by atoms with Gasteiger partial charge in [0.05, 0.1) is 22.4 Å². The molecule has 1 aromatic heterocycles. The predicted octanol–water partition coefficient (Wildman–Crippen LogP) is 3.80. The fourth-order valence-corrected chi connectivity index (χ4v) is 2.35. The van der Waals surface area contributed by atoms with E-state index < -0.39 is 16.8 Å². The van der Waals surface area contributed by atoms with Crippen molar-refractivity contribution in [2.45, 2.75) is 6.61 Å². The molecule has 0 saturated carbocycles. The number of nitrogens with zero attached hydrogens (tertiary/aromatic N) is 1. The number of anilines is 1. The Morgan fingerprint density at radius 1 is 1.07 bits per heavy atom. The molecule has 3 rings (SSSR count). The number of carbonyl (C=O) groups is 2. The molecule has 1 heterocycles. The number of carbonyl (C=O) groups excluding carboxylic acids is 2. The molecule has 0 aliphatic heterocycles. The number of nitro groups is 1. The number of non-ortho nitro benzene ring substituents is 1. The summed E-state index contributed by atoms with van der Waals surface area (Å²) in [5.41, 5.74) is 0.815. The van der Waals surface area contributed by atoms with Gasteiger partial charge in [0.2, 0.25) is 0 Å². The summed E-state index contributed by atoms with van der Waals surface area (Å²) in [4.78, 5) is 34.8. The van der Waals surface area contributed by atoms with Crippen molar-refractivity contribution in [3.8, 4) is 0 Å². The molecule has 27 heavy (non-hydrogen) atoms. The number of benzene rings is 2. The Morgan fingerprint density at radius 2 is 1.89 bits per heavy atom. The number of para-hydroxylation sites is 1. The van der Waals surface area contributed by atoms with Crippen molar-refractivity contribution in [3.05, 3.63) is 93.9 Å². The average Bonchev–Trinajstić information content (AvgIpc) is 3.22. The van der Waals surface area contributed by atoms with E-state index >= 15 is 0 Å². The van der Waals surface area contributed by atoms with Crippen molar-refractivity contribution < 1.29 is 23.7 Å². The van der Waals surface area contributed by atoms with Gasteiger partial charge in [0.25, 0.3) is 11.6 Å². The molecule has 8 nitrogen and oxygen atoms in total. The van der Waals surface area contributed by atoms with Crippen LogP contribution in [0.15, 0.2) is 71.3 Å². The van der Waals surface area contributed by atoms with Crippen molar-refractivity contribution in [2.75, 3.05) is 5.32 Å². The van der Waals surface area contributed by atoms with Gasteiger partial charge in [0.1, 0.15) is 6.61 Å². The highest BCUT2D eigenvalue weighted by Crippen LogP contribution is 2.19. The third kappa shape index (κ3) is 4.37. The Bertz CT molecular complexity index is 981. The molecule has 0 aliphatic carbocycles. The van der Waals surface area contributed by atoms with Gasteiger partial charge in [-0.1, -0.05) is 24.3 Å². The molecule has 0 saturated heterocycles. The van der Waals surface area contributed by atoms with Crippen LogP contribution in [0.1, 0.15) is 26.5 Å². The summed E-state index contributed by atoms with van der Waals surface area (Å²) in [7, 11) is 0. The normalized spacial score (nSPS) is 10.2. The standard InChI is InChI=1S/C19H14N2O6/c22-18(17-9-4-10-26-17)20-16-8-2-1-7-15(16)19(23)27-12-13-5-3-6-14(11-13)21(24)25/h1-11H,12H2,(H,20,22). The summed E-state index contributed by atoms with van der Waals surface area (Å²) in [5, 5.41) is 13.4. The lowest BCUT2D eigenvalue weighted by Gasteiger charge is -2.10. The Balaban J connectivity index is 1.71. The molecule has 1 N–H and O–H groups in total. The Hall–Kier alpha value is -3.94. The van der Waals surface area contributed by atoms with Gasteiger partial charge in [-0.3, -0.25) is 14.9 Å². The van der Waals surface area contributed by atoms with Crippen molar-refractivity contribution in [2.24, 2.45) is 0 Å². The lowest BCUT2D eigenvalue weighted by molar-refractivity contribution is -0.384. The van der Waals surface area contributed by atoms with E-state index in [0.29, 0.717) is 5.56 Å². The van der Waals surface area contributed by atoms with E-state index in [1.807, 2.05) is 0 Å². The number of ether oxygens (including phenoxy) is 1. The maximum atomic E-state index is 12.4. The molecule has 0 spiro atoms. The first-order chi connectivity index (χ1) is 13.0. The van der Waals surface area contributed by atoms with Crippen LogP contribution < -0.4 is 5.32 Å². The van der Waals surface area contributed by atoms with Crippen molar-refractivity contribution in [1.82, 2.24) is 0 Å². The molecule has 0 unspecified atom stereocenters. The van der Waals surface area contributed by atoms with E-state index in [1.165, 1.54) is 36.6 Å².